The lowest BCUT2D eigenvalue weighted by Crippen LogP contribution is -2.22. The van der Waals surface area contributed by atoms with Crippen molar-refractivity contribution in [1.29, 1.82) is 0 Å². The standard InChI is InChI=1S/C20H43N/c1-5-8-9-10-11-12-13-17-21-18-19(4)15-16-20(7-3)14-6-2/h19-21H,5-18H2,1-4H3. The molecule has 2 unspecified atom stereocenters. The molecule has 0 aromatic heterocycles. The van der Waals surface area contributed by atoms with Gasteiger partial charge in [0.25, 0.3) is 0 Å². The van der Waals surface area contributed by atoms with Gasteiger partial charge in [-0.25, -0.2) is 0 Å². The molecule has 1 N–H and O–H groups in total. The summed E-state index contributed by atoms with van der Waals surface area (Å²) in [5, 5.41) is 3.66. The molecule has 0 fully saturated rings. The monoisotopic (exact) mass is 297 g/mol. The molecule has 0 saturated carbocycles. The van der Waals surface area contributed by atoms with Gasteiger partial charge in [0.05, 0.1) is 0 Å². The third kappa shape index (κ3) is 14.7. The molecular weight excluding hydrogens is 254 g/mol. The van der Waals surface area contributed by atoms with Crippen LogP contribution in [0.1, 0.15) is 105 Å². The van der Waals surface area contributed by atoms with Crippen molar-refractivity contribution in [3.8, 4) is 0 Å². The first kappa shape index (κ1) is 21.0. The highest BCUT2D eigenvalue weighted by Crippen LogP contribution is 2.19. The van der Waals surface area contributed by atoms with Crippen LogP contribution < -0.4 is 5.32 Å². The molecule has 0 spiro atoms. The van der Waals surface area contributed by atoms with Gasteiger partial charge in [0.2, 0.25) is 0 Å². The molecule has 1 nitrogen and oxygen atoms in total. The largest absolute Gasteiger partial charge is 0.316 e. The number of unbranched alkanes of at least 4 members (excludes halogenated alkanes) is 6. The van der Waals surface area contributed by atoms with Gasteiger partial charge in [-0.2, -0.15) is 0 Å². The van der Waals surface area contributed by atoms with E-state index in [4.69, 9.17) is 0 Å². The molecule has 0 bridgehead atoms. The van der Waals surface area contributed by atoms with E-state index >= 15 is 0 Å². The molecule has 0 amide bonds. The number of hydrogen-bond donors (Lipinski definition) is 1. The second-order valence-electron chi connectivity index (χ2n) is 7.07. The molecule has 21 heavy (non-hydrogen) atoms. The van der Waals surface area contributed by atoms with Gasteiger partial charge in [-0.1, -0.05) is 91.9 Å². The number of rotatable bonds is 16. The Labute approximate surface area is 135 Å². The van der Waals surface area contributed by atoms with Gasteiger partial charge in [0.15, 0.2) is 0 Å². The number of hydrogen-bond acceptors (Lipinski definition) is 1. The van der Waals surface area contributed by atoms with Crippen LogP contribution in [0.15, 0.2) is 0 Å². The Bertz CT molecular complexity index is 190. The maximum Gasteiger partial charge on any atom is -0.00232 e. The van der Waals surface area contributed by atoms with Crippen LogP contribution in [-0.2, 0) is 0 Å². The van der Waals surface area contributed by atoms with E-state index in [-0.39, 0.29) is 0 Å². The fraction of sp³-hybridized carbons (Fsp3) is 1.00. The minimum atomic E-state index is 0.848. The molecule has 0 aromatic carbocycles. The van der Waals surface area contributed by atoms with E-state index in [1.165, 1.54) is 90.1 Å². The summed E-state index contributed by atoms with van der Waals surface area (Å²) in [5.41, 5.74) is 0. The first-order valence-corrected chi connectivity index (χ1v) is 9.95. The van der Waals surface area contributed by atoms with E-state index in [9.17, 15) is 0 Å². The third-order valence-corrected chi connectivity index (χ3v) is 4.79. The van der Waals surface area contributed by atoms with E-state index in [2.05, 4.69) is 33.0 Å². The van der Waals surface area contributed by atoms with Gasteiger partial charge in [0.1, 0.15) is 0 Å². The Hall–Kier alpha value is -0.0400. The van der Waals surface area contributed by atoms with E-state index in [0.717, 1.165) is 11.8 Å². The zero-order valence-corrected chi connectivity index (χ0v) is 15.6. The second kappa shape index (κ2) is 16.3. The van der Waals surface area contributed by atoms with Crippen LogP contribution in [0.2, 0.25) is 0 Å². The lowest BCUT2D eigenvalue weighted by molar-refractivity contribution is 0.367. The normalized spacial score (nSPS) is 14.3. The SMILES string of the molecule is CCCCCCCCCNCC(C)CCC(CC)CCC. The smallest absolute Gasteiger partial charge is 0.00232 e. The highest BCUT2D eigenvalue weighted by atomic mass is 14.8. The highest BCUT2D eigenvalue weighted by molar-refractivity contribution is 4.63. The third-order valence-electron chi connectivity index (χ3n) is 4.79. The maximum absolute atomic E-state index is 3.66. The lowest BCUT2D eigenvalue weighted by atomic mass is 9.91. The molecule has 128 valence electrons. The lowest BCUT2D eigenvalue weighted by Gasteiger charge is -2.17. The first-order chi connectivity index (χ1) is 10.2. The molecule has 1 heteroatoms. The van der Waals surface area contributed by atoms with E-state index in [0.29, 0.717) is 0 Å². The van der Waals surface area contributed by atoms with Crippen molar-refractivity contribution in [2.75, 3.05) is 13.1 Å². The van der Waals surface area contributed by atoms with Crippen LogP contribution in [-0.4, -0.2) is 13.1 Å². The van der Waals surface area contributed by atoms with E-state index in [1.807, 2.05) is 0 Å². The predicted octanol–water partition coefficient (Wildman–Crippen LogP) is 6.57. The summed E-state index contributed by atoms with van der Waals surface area (Å²) in [6.45, 7) is 11.8. The molecule has 0 heterocycles. The predicted molar refractivity (Wildman–Crippen MR) is 97.9 cm³/mol. The average Bonchev–Trinajstić information content (AvgIpc) is 2.49. The molecule has 0 saturated heterocycles. The van der Waals surface area contributed by atoms with Crippen molar-refractivity contribution >= 4 is 0 Å². The second-order valence-corrected chi connectivity index (χ2v) is 7.07. The molecular formula is C20H43N. The topological polar surface area (TPSA) is 12.0 Å². The highest BCUT2D eigenvalue weighted by Gasteiger charge is 2.08. The van der Waals surface area contributed by atoms with Crippen molar-refractivity contribution in [3.05, 3.63) is 0 Å². The molecule has 0 rings (SSSR count). The van der Waals surface area contributed by atoms with Crippen molar-refractivity contribution in [3.63, 3.8) is 0 Å². The van der Waals surface area contributed by atoms with Gasteiger partial charge in [0, 0.05) is 0 Å². The van der Waals surface area contributed by atoms with Crippen molar-refractivity contribution in [1.82, 2.24) is 5.32 Å². The Balaban J connectivity index is 3.31. The minimum Gasteiger partial charge on any atom is -0.316 e. The minimum absolute atomic E-state index is 0.848. The summed E-state index contributed by atoms with van der Waals surface area (Å²) in [6.07, 6.45) is 16.9. The Morgan fingerprint density at radius 1 is 0.714 bits per heavy atom. The quantitative estimate of drug-likeness (QED) is 0.318. The molecule has 0 aromatic rings. The van der Waals surface area contributed by atoms with E-state index < -0.39 is 0 Å². The first-order valence-electron chi connectivity index (χ1n) is 9.95. The van der Waals surface area contributed by atoms with E-state index in [1.54, 1.807) is 0 Å². The summed E-state index contributed by atoms with van der Waals surface area (Å²) >= 11 is 0. The Kier molecular flexibility index (Phi) is 16.3. The van der Waals surface area contributed by atoms with Gasteiger partial charge in [-0.3, -0.25) is 0 Å². The molecule has 0 radical (unpaired) electrons. The van der Waals surface area contributed by atoms with Crippen molar-refractivity contribution < 1.29 is 0 Å². The van der Waals surface area contributed by atoms with Crippen LogP contribution in [0.25, 0.3) is 0 Å². The van der Waals surface area contributed by atoms with Crippen LogP contribution in [0.4, 0.5) is 0 Å². The summed E-state index contributed by atoms with van der Waals surface area (Å²) < 4.78 is 0. The molecule has 0 aliphatic carbocycles. The summed E-state index contributed by atoms with van der Waals surface area (Å²) in [7, 11) is 0. The van der Waals surface area contributed by atoms with Crippen LogP contribution in [0, 0.1) is 11.8 Å². The molecule has 0 aliphatic rings. The zero-order valence-electron chi connectivity index (χ0n) is 15.6. The zero-order chi connectivity index (χ0) is 15.8. The van der Waals surface area contributed by atoms with Gasteiger partial charge >= 0.3 is 0 Å². The average molecular weight is 298 g/mol. The summed E-state index contributed by atoms with van der Waals surface area (Å²) in [4.78, 5) is 0. The van der Waals surface area contributed by atoms with Crippen LogP contribution in [0.5, 0.6) is 0 Å². The molecule has 0 aliphatic heterocycles. The van der Waals surface area contributed by atoms with Crippen LogP contribution >= 0.6 is 0 Å². The van der Waals surface area contributed by atoms with Gasteiger partial charge in [-0.05, 0) is 37.8 Å². The van der Waals surface area contributed by atoms with Gasteiger partial charge in [-0.15, -0.1) is 0 Å². The summed E-state index contributed by atoms with van der Waals surface area (Å²) in [5.74, 6) is 1.82. The summed E-state index contributed by atoms with van der Waals surface area (Å²) in [6, 6.07) is 0. The van der Waals surface area contributed by atoms with Gasteiger partial charge < -0.3 is 5.32 Å². The van der Waals surface area contributed by atoms with Crippen molar-refractivity contribution in [2.45, 2.75) is 105 Å². The number of nitrogens with one attached hydrogen (secondary N) is 1. The maximum atomic E-state index is 3.66. The fourth-order valence-corrected chi connectivity index (χ4v) is 3.14. The Morgan fingerprint density at radius 2 is 1.38 bits per heavy atom. The fourth-order valence-electron chi connectivity index (χ4n) is 3.14. The molecule has 2 atom stereocenters. The van der Waals surface area contributed by atoms with Crippen LogP contribution in [0.3, 0.4) is 0 Å². The Morgan fingerprint density at radius 3 is 2.00 bits per heavy atom. The van der Waals surface area contributed by atoms with Crippen molar-refractivity contribution in [2.24, 2.45) is 11.8 Å².